The molecule has 15 heavy (non-hydrogen) atoms. The molecule has 84 valence electrons. The lowest BCUT2D eigenvalue weighted by molar-refractivity contribution is 0.638. The summed E-state index contributed by atoms with van der Waals surface area (Å²) in [4.78, 5) is 0.797. The first-order valence-corrected chi connectivity index (χ1v) is 6.72. The van der Waals surface area contributed by atoms with Crippen molar-refractivity contribution in [1.82, 2.24) is 0 Å². The summed E-state index contributed by atoms with van der Waals surface area (Å²) in [6.07, 6.45) is 1.94. The molecule has 0 aliphatic carbocycles. The highest BCUT2D eigenvalue weighted by Gasteiger charge is 2.09. The molecule has 2 unspecified atom stereocenters. The molecule has 4 heteroatoms. The van der Waals surface area contributed by atoms with Crippen LogP contribution in [-0.4, -0.2) is 16.0 Å². The average molecular weight is 246 g/mol. The number of benzene rings is 1. The van der Waals surface area contributed by atoms with Gasteiger partial charge < -0.3 is 5.73 Å². The zero-order valence-corrected chi connectivity index (χ0v) is 10.4. The summed E-state index contributed by atoms with van der Waals surface area (Å²) < 4.78 is 11.8. The maximum Gasteiger partial charge on any atom is 0.0545 e. The molecule has 1 rings (SSSR count). The highest BCUT2D eigenvalue weighted by Crippen LogP contribution is 2.13. The molecule has 0 saturated carbocycles. The Balaban J connectivity index is 2.57. The van der Waals surface area contributed by atoms with E-state index >= 15 is 0 Å². The number of rotatable bonds is 5. The summed E-state index contributed by atoms with van der Waals surface area (Å²) in [6, 6.07) is 7.10. The molecule has 2 nitrogen and oxygen atoms in total. The summed E-state index contributed by atoms with van der Waals surface area (Å²) in [5.41, 5.74) is 5.83. The Morgan fingerprint density at radius 3 is 2.53 bits per heavy atom. The number of halogens is 1. The van der Waals surface area contributed by atoms with Crippen LogP contribution in [0.25, 0.3) is 0 Å². The highest BCUT2D eigenvalue weighted by molar-refractivity contribution is 7.85. The van der Waals surface area contributed by atoms with Gasteiger partial charge in [0.1, 0.15) is 0 Å². The Labute approximate surface area is 98.3 Å². The zero-order valence-electron chi connectivity index (χ0n) is 8.78. The van der Waals surface area contributed by atoms with Gasteiger partial charge in [0.15, 0.2) is 0 Å². The third-order valence-corrected chi connectivity index (χ3v) is 3.88. The fourth-order valence-electron chi connectivity index (χ4n) is 1.33. The monoisotopic (exact) mass is 245 g/mol. The normalized spacial score (nSPS) is 14.9. The summed E-state index contributed by atoms with van der Waals surface area (Å²) in [5, 5.41) is 0.661. The topological polar surface area (TPSA) is 43.1 Å². The van der Waals surface area contributed by atoms with Crippen molar-refractivity contribution in [3.05, 3.63) is 29.3 Å². The smallest absolute Gasteiger partial charge is 0.0545 e. The molecule has 0 heterocycles. The van der Waals surface area contributed by atoms with Crippen molar-refractivity contribution in [3.8, 4) is 0 Å². The number of nitrogens with two attached hydrogens (primary N) is 1. The van der Waals surface area contributed by atoms with Crippen LogP contribution in [0.15, 0.2) is 29.2 Å². The Morgan fingerprint density at radius 1 is 1.40 bits per heavy atom. The van der Waals surface area contributed by atoms with E-state index in [9.17, 15) is 4.21 Å². The largest absolute Gasteiger partial charge is 0.327 e. The number of hydrogen-bond donors (Lipinski definition) is 1. The van der Waals surface area contributed by atoms with Crippen molar-refractivity contribution >= 4 is 22.4 Å². The quantitative estimate of drug-likeness (QED) is 0.867. The van der Waals surface area contributed by atoms with Crippen molar-refractivity contribution in [2.24, 2.45) is 5.73 Å². The lowest BCUT2D eigenvalue weighted by atomic mass is 10.2. The Kier molecular flexibility index (Phi) is 5.29. The molecule has 0 aliphatic heterocycles. The second-order valence-corrected chi connectivity index (χ2v) is 5.45. The molecule has 1 aromatic carbocycles. The first kappa shape index (κ1) is 12.7. The van der Waals surface area contributed by atoms with E-state index in [0.717, 1.165) is 17.7 Å². The van der Waals surface area contributed by atoms with Gasteiger partial charge in [-0.2, -0.15) is 0 Å². The average Bonchev–Trinajstić information content (AvgIpc) is 2.18. The highest BCUT2D eigenvalue weighted by atomic mass is 35.5. The maximum absolute atomic E-state index is 11.8. The summed E-state index contributed by atoms with van der Waals surface area (Å²) >= 11 is 5.75. The Morgan fingerprint density at radius 2 is 2.00 bits per heavy atom. The van der Waals surface area contributed by atoms with Crippen molar-refractivity contribution in [3.63, 3.8) is 0 Å². The minimum Gasteiger partial charge on any atom is -0.327 e. The van der Waals surface area contributed by atoms with E-state index in [0.29, 0.717) is 10.8 Å². The second kappa shape index (κ2) is 6.26. The first-order chi connectivity index (χ1) is 7.13. The van der Waals surface area contributed by atoms with Crippen LogP contribution in [0.3, 0.4) is 0 Å². The van der Waals surface area contributed by atoms with Gasteiger partial charge in [-0.15, -0.1) is 0 Å². The number of hydrogen-bond acceptors (Lipinski definition) is 2. The van der Waals surface area contributed by atoms with Gasteiger partial charge in [0.25, 0.3) is 0 Å². The maximum atomic E-state index is 11.8. The predicted octanol–water partition coefficient (Wildman–Crippen LogP) is 2.58. The van der Waals surface area contributed by atoms with Crippen LogP contribution in [0.2, 0.25) is 5.02 Å². The summed E-state index contributed by atoms with van der Waals surface area (Å²) in [7, 11) is -1.01. The SMILES string of the molecule is CCCC(N)CS(=O)c1ccc(Cl)cc1. The van der Waals surface area contributed by atoms with Gasteiger partial charge in [-0.05, 0) is 30.7 Å². The molecule has 0 saturated heterocycles. The van der Waals surface area contributed by atoms with Gasteiger partial charge in [-0.3, -0.25) is 4.21 Å². The van der Waals surface area contributed by atoms with Gasteiger partial charge in [0, 0.05) is 21.7 Å². The molecule has 0 amide bonds. The molecular formula is C11H16ClNOS. The molecule has 0 aliphatic rings. The van der Waals surface area contributed by atoms with E-state index < -0.39 is 10.8 Å². The fraction of sp³-hybridized carbons (Fsp3) is 0.455. The van der Waals surface area contributed by atoms with Gasteiger partial charge in [0.2, 0.25) is 0 Å². The van der Waals surface area contributed by atoms with Crippen molar-refractivity contribution < 1.29 is 4.21 Å². The van der Waals surface area contributed by atoms with Crippen LogP contribution in [0.1, 0.15) is 19.8 Å². The van der Waals surface area contributed by atoms with Crippen LogP contribution >= 0.6 is 11.6 Å². The van der Waals surface area contributed by atoms with E-state index in [2.05, 4.69) is 6.92 Å². The lowest BCUT2D eigenvalue weighted by Gasteiger charge is -2.09. The van der Waals surface area contributed by atoms with Gasteiger partial charge in [-0.25, -0.2) is 0 Å². The lowest BCUT2D eigenvalue weighted by Crippen LogP contribution is -2.26. The first-order valence-electron chi connectivity index (χ1n) is 5.03. The molecule has 0 aromatic heterocycles. The Hall–Kier alpha value is -0.380. The second-order valence-electron chi connectivity index (χ2n) is 3.51. The minimum atomic E-state index is -1.01. The van der Waals surface area contributed by atoms with E-state index in [1.807, 2.05) is 0 Å². The molecule has 1 aromatic rings. The fourth-order valence-corrected chi connectivity index (χ4v) is 2.64. The van der Waals surface area contributed by atoms with E-state index in [1.54, 1.807) is 24.3 Å². The third kappa shape index (κ3) is 4.33. The van der Waals surface area contributed by atoms with Crippen molar-refractivity contribution in [2.75, 3.05) is 5.75 Å². The summed E-state index contributed by atoms with van der Waals surface area (Å²) in [5.74, 6) is 0.523. The third-order valence-electron chi connectivity index (χ3n) is 2.10. The van der Waals surface area contributed by atoms with Crippen molar-refractivity contribution in [1.29, 1.82) is 0 Å². The summed E-state index contributed by atoms with van der Waals surface area (Å²) in [6.45, 7) is 2.07. The van der Waals surface area contributed by atoms with E-state index in [1.165, 1.54) is 0 Å². The van der Waals surface area contributed by atoms with Crippen LogP contribution in [0, 0.1) is 0 Å². The van der Waals surface area contributed by atoms with Crippen LogP contribution in [-0.2, 0) is 10.8 Å². The predicted molar refractivity (Wildman–Crippen MR) is 65.6 cm³/mol. The van der Waals surface area contributed by atoms with E-state index in [-0.39, 0.29) is 6.04 Å². The Bertz CT molecular complexity index is 326. The van der Waals surface area contributed by atoms with Gasteiger partial charge >= 0.3 is 0 Å². The molecule has 2 atom stereocenters. The molecule has 2 N–H and O–H groups in total. The van der Waals surface area contributed by atoms with E-state index in [4.69, 9.17) is 17.3 Å². The molecule has 0 radical (unpaired) electrons. The van der Waals surface area contributed by atoms with Crippen LogP contribution in [0.5, 0.6) is 0 Å². The van der Waals surface area contributed by atoms with Crippen LogP contribution < -0.4 is 5.73 Å². The molecule has 0 bridgehead atoms. The van der Waals surface area contributed by atoms with Crippen molar-refractivity contribution in [2.45, 2.75) is 30.7 Å². The van der Waals surface area contributed by atoms with Gasteiger partial charge in [0.05, 0.1) is 10.8 Å². The molecule has 0 spiro atoms. The standard InChI is InChI=1S/C11H16ClNOS/c1-2-3-10(13)8-15(14)11-6-4-9(12)5-7-11/h4-7,10H,2-3,8,13H2,1H3. The zero-order chi connectivity index (χ0) is 11.3. The minimum absolute atomic E-state index is 0.0199. The molecular weight excluding hydrogens is 230 g/mol. The van der Waals surface area contributed by atoms with Gasteiger partial charge in [-0.1, -0.05) is 24.9 Å². The molecule has 0 fully saturated rings. The van der Waals surface area contributed by atoms with Crippen LogP contribution in [0.4, 0.5) is 0 Å².